The van der Waals surface area contributed by atoms with Gasteiger partial charge in [-0.1, -0.05) is 0 Å². The fraction of sp³-hybridized carbons (Fsp3) is 0.700. The first-order valence-corrected chi connectivity index (χ1v) is 5.30. The quantitative estimate of drug-likeness (QED) is 0.679. The number of rotatable bonds is 1. The molecule has 0 bridgehead atoms. The van der Waals surface area contributed by atoms with E-state index in [0.29, 0.717) is 12.5 Å². The zero-order valence-electron chi connectivity index (χ0n) is 9.40. The summed E-state index contributed by atoms with van der Waals surface area (Å²) in [5.74, 6) is 0.398. The van der Waals surface area contributed by atoms with Gasteiger partial charge in [-0.15, -0.1) is 0 Å². The Hall–Kier alpha value is -1.43. The molecule has 16 heavy (non-hydrogen) atoms. The van der Waals surface area contributed by atoms with Crippen LogP contribution in [0, 0.1) is 5.92 Å². The van der Waals surface area contributed by atoms with E-state index in [-0.39, 0.29) is 23.9 Å². The van der Waals surface area contributed by atoms with Crippen LogP contribution in [0.4, 0.5) is 0 Å². The van der Waals surface area contributed by atoms with Gasteiger partial charge in [0.1, 0.15) is 0 Å². The van der Waals surface area contributed by atoms with Crippen LogP contribution in [0.1, 0.15) is 12.8 Å². The van der Waals surface area contributed by atoms with Crippen LogP contribution in [-0.4, -0.2) is 44.6 Å². The molecule has 0 spiro atoms. The number of carbonyl (C=O) groups is 1. The highest BCUT2D eigenvalue weighted by Crippen LogP contribution is 2.26. The molecule has 0 aromatic rings. The predicted molar refractivity (Wildman–Crippen MR) is 58.4 cm³/mol. The van der Waals surface area contributed by atoms with Crippen LogP contribution in [0.5, 0.6) is 0 Å². The van der Waals surface area contributed by atoms with Crippen molar-refractivity contribution in [2.75, 3.05) is 20.8 Å². The molecule has 1 saturated heterocycles. The standard InChI is InChI=1S/C10H15N3O3/c1-11-8(14)7-12-9(15-2)6-4-3-5-16-10(6)13-7/h6,10H,3-5H2,1-2H3,(H,11,14). The average molecular weight is 225 g/mol. The molecule has 2 heterocycles. The molecule has 1 N–H and O–H groups in total. The number of amides is 1. The van der Waals surface area contributed by atoms with Gasteiger partial charge in [0, 0.05) is 13.7 Å². The van der Waals surface area contributed by atoms with Gasteiger partial charge in [-0.05, 0) is 12.8 Å². The van der Waals surface area contributed by atoms with Crippen LogP contribution in [0.15, 0.2) is 9.98 Å². The molecule has 6 heteroatoms. The van der Waals surface area contributed by atoms with E-state index in [1.165, 1.54) is 0 Å². The van der Waals surface area contributed by atoms with Gasteiger partial charge in [0.2, 0.25) is 5.84 Å². The third kappa shape index (κ3) is 1.92. The van der Waals surface area contributed by atoms with Crippen LogP contribution in [0.3, 0.4) is 0 Å². The SMILES string of the molecule is CNC(=O)C1=NC2OCCCC2C(OC)=N1. The highest BCUT2D eigenvalue weighted by atomic mass is 16.5. The van der Waals surface area contributed by atoms with Crippen molar-refractivity contribution in [3.63, 3.8) is 0 Å². The van der Waals surface area contributed by atoms with Gasteiger partial charge in [0.15, 0.2) is 12.1 Å². The lowest BCUT2D eigenvalue weighted by Gasteiger charge is -2.31. The third-order valence-corrected chi connectivity index (χ3v) is 2.71. The lowest BCUT2D eigenvalue weighted by atomic mass is 9.98. The number of nitrogens with zero attached hydrogens (tertiary/aromatic N) is 2. The molecular formula is C10H15N3O3. The van der Waals surface area contributed by atoms with E-state index in [4.69, 9.17) is 9.47 Å². The van der Waals surface area contributed by atoms with E-state index in [1.54, 1.807) is 14.2 Å². The summed E-state index contributed by atoms with van der Waals surface area (Å²) in [6, 6.07) is 0. The second kappa shape index (κ2) is 4.61. The van der Waals surface area contributed by atoms with Crippen molar-refractivity contribution in [2.45, 2.75) is 19.1 Å². The maximum absolute atomic E-state index is 11.4. The van der Waals surface area contributed by atoms with E-state index in [2.05, 4.69) is 15.3 Å². The first-order valence-electron chi connectivity index (χ1n) is 5.30. The molecular weight excluding hydrogens is 210 g/mol. The van der Waals surface area contributed by atoms with Crippen molar-refractivity contribution < 1.29 is 14.3 Å². The number of methoxy groups -OCH3 is 1. The monoisotopic (exact) mass is 225 g/mol. The van der Waals surface area contributed by atoms with Gasteiger partial charge in [-0.25, -0.2) is 4.99 Å². The van der Waals surface area contributed by atoms with Crippen LogP contribution >= 0.6 is 0 Å². The maximum Gasteiger partial charge on any atom is 0.288 e. The summed E-state index contributed by atoms with van der Waals surface area (Å²) in [5, 5.41) is 2.49. The van der Waals surface area contributed by atoms with Gasteiger partial charge in [-0.2, -0.15) is 4.99 Å². The topological polar surface area (TPSA) is 72.3 Å². The molecule has 0 saturated carbocycles. The molecule has 1 fully saturated rings. The number of fused-ring (bicyclic) bond motifs is 1. The van der Waals surface area contributed by atoms with Gasteiger partial charge < -0.3 is 14.8 Å². The zero-order chi connectivity index (χ0) is 11.5. The summed E-state index contributed by atoms with van der Waals surface area (Å²) < 4.78 is 10.7. The highest BCUT2D eigenvalue weighted by Gasteiger charge is 2.35. The second-order valence-corrected chi connectivity index (χ2v) is 3.70. The number of carbonyl (C=O) groups excluding carboxylic acids is 1. The fourth-order valence-corrected chi connectivity index (χ4v) is 1.89. The molecule has 0 aliphatic carbocycles. The third-order valence-electron chi connectivity index (χ3n) is 2.71. The molecule has 2 unspecified atom stereocenters. The van der Waals surface area contributed by atoms with Gasteiger partial charge in [0.05, 0.1) is 13.0 Å². The fourth-order valence-electron chi connectivity index (χ4n) is 1.89. The van der Waals surface area contributed by atoms with Crippen molar-refractivity contribution >= 4 is 17.6 Å². The van der Waals surface area contributed by atoms with E-state index < -0.39 is 0 Å². The van der Waals surface area contributed by atoms with E-state index >= 15 is 0 Å². The smallest absolute Gasteiger partial charge is 0.288 e. The van der Waals surface area contributed by atoms with Crippen molar-refractivity contribution in [1.82, 2.24) is 5.32 Å². The molecule has 0 radical (unpaired) electrons. The Morgan fingerprint density at radius 2 is 2.44 bits per heavy atom. The summed E-state index contributed by atoms with van der Waals surface area (Å²) in [4.78, 5) is 19.7. The zero-order valence-corrected chi connectivity index (χ0v) is 9.40. The highest BCUT2D eigenvalue weighted by molar-refractivity contribution is 6.40. The molecule has 2 atom stereocenters. The number of nitrogens with one attached hydrogen (secondary N) is 1. The van der Waals surface area contributed by atoms with Gasteiger partial charge in [0.25, 0.3) is 5.91 Å². The Bertz CT molecular complexity index is 351. The van der Waals surface area contributed by atoms with Crippen molar-refractivity contribution in [1.29, 1.82) is 0 Å². The minimum Gasteiger partial charge on any atom is -0.484 e. The van der Waals surface area contributed by atoms with Crippen molar-refractivity contribution in [3.8, 4) is 0 Å². The molecule has 1 amide bonds. The maximum atomic E-state index is 11.4. The normalized spacial score (nSPS) is 28.6. The van der Waals surface area contributed by atoms with E-state index in [9.17, 15) is 4.79 Å². The number of likely N-dealkylation sites (N-methyl/N-ethyl adjacent to an activating group) is 1. The summed E-state index contributed by atoms with van der Waals surface area (Å²) in [6.07, 6.45) is 1.57. The van der Waals surface area contributed by atoms with E-state index in [0.717, 1.165) is 12.8 Å². The minimum absolute atomic E-state index is 0.0483. The summed E-state index contributed by atoms with van der Waals surface area (Å²) >= 11 is 0. The number of hydrogen-bond donors (Lipinski definition) is 1. The number of amidine groups is 1. The van der Waals surface area contributed by atoms with Crippen LogP contribution in [0.2, 0.25) is 0 Å². The lowest BCUT2D eigenvalue weighted by molar-refractivity contribution is -0.114. The minimum atomic E-state index is -0.325. The molecule has 2 aliphatic heterocycles. The lowest BCUT2D eigenvalue weighted by Crippen LogP contribution is -2.41. The largest absolute Gasteiger partial charge is 0.484 e. The first kappa shape index (κ1) is 11.1. The molecule has 0 aromatic heterocycles. The first-order chi connectivity index (χ1) is 7.76. The summed E-state index contributed by atoms with van der Waals surface area (Å²) in [6.45, 7) is 0.669. The Labute approximate surface area is 93.7 Å². The molecule has 2 aliphatic rings. The number of hydrogen-bond acceptors (Lipinski definition) is 5. The Kier molecular flexibility index (Phi) is 3.19. The molecule has 88 valence electrons. The van der Waals surface area contributed by atoms with Crippen molar-refractivity contribution in [3.05, 3.63) is 0 Å². The number of aliphatic imine (C=N–C) groups is 2. The molecule has 6 nitrogen and oxygen atoms in total. The Morgan fingerprint density at radius 1 is 1.62 bits per heavy atom. The predicted octanol–water partition coefficient (Wildman–Crippen LogP) is -0.0579. The van der Waals surface area contributed by atoms with Crippen LogP contribution < -0.4 is 5.32 Å². The van der Waals surface area contributed by atoms with Crippen molar-refractivity contribution in [2.24, 2.45) is 15.9 Å². The Morgan fingerprint density at radius 3 is 3.12 bits per heavy atom. The van der Waals surface area contributed by atoms with E-state index in [1.807, 2.05) is 0 Å². The summed E-state index contributed by atoms with van der Waals surface area (Å²) in [5.41, 5.74) is 0. The van der Waals surface area contributed by atoms with Crippen LogP contribution in [-0.2, 0) is 14.3 Å². The second-order valence-electron chi connectivity index (χ2n) is 3.70. The van der Waals surface area contributed by atoms with Gasteiger partial charge in [-0.3, -0.25) is 4.79 Å². The summed E-state index contributed by atoms with van der Waals surface area (Å²) in [7, 11) is 3.10. The molecule has 0 aromatic carbocycles. The van der Waals surface area contributed by atoms with Crippen LogP contribution in [0.25, 0.3) is 0 Å². The molecule has 2 rings (SSSR count). The average Bonchev–Trinajstić information content (AvgIpc) is 2.36. The Balaban J connectivity index is 2.25. The van der Waals surface area contributed by atoms with Gasteiger partial charge >= 0.3 is 0 Å². The number of ether oxygens (including phenoxy) is 2.